The first kappa shape index (κ1) is 17.2. The maximum Gasteiger partial charge on any atom is 0.338 e. The molecule has 0 unspecified atom stereocenters. The predicted octanol–water partition coefficient (Wildman–Crippen LogP) is 3.32. The lowest BCUT2D eigenvalue weighted by atomic mass is 9.96. The summed E-state index contributed by atoms with van der Waals surface area (Å²) in [7, 11) is 2.94. The van der Waals surface area contributed by atoms with E-state index in [1.807, 2.05) is 0 Å². The number of aromatic nitrogens is 1. The second kappa shape index (κ2) is 6.72. The van der Waals surface area contributed by atoms with Gasteiger partial charge in [0.05, 0.1) is 31.0 Å². The van der Waals surface area contributed by atoms with Crippen molar-refractivity contribution >= 4 is 22.8 Å². The summed E-state index contributed by atoms with van der Waals surface area (Å²) in [6.45, 7) is 0. The average Bonchev–Trinajstić information content (AvgIpc) is 2.65. The molecule has 0 saturated heterocycles. The molecule has 0 aliphatic carbocycles. The fraction of sp³-hybridized carbons (Fsp3) is 0.105. The summed E-state index contributed by atoms with van der Waals surface area (Å²) < 4.78 is 10.4. The van der Waals surface area contributed by atoms with Crippen LogP contribution >= 0.6 is 0 Å². The molecule has 0 saturated carbocycles. The molecule has 7 heteroatoms. The van der Waals surface area contributed by atoms with Crippen molar-refractivity contribution < 1.29 is 29.3 Å². The van der Waals surface area contributed by atoms with Crippen molar-refractivity contribution in [3.05, 3.63) is 53.6 Å². The molecular weight excluding hydrogens is 338 g/mol. The maximum atomic E-state index is 11.9. The van der Waals surface area contributed by atoms with Gasteiger partial charge in [0.2, 0.25) is 0 Å². The number of para-hydroxylation sites is 1. The molecule has 132 valence electrons. The number of benzene rings is 2. The predicted molar refractivity (Wildman–Crippen MR) is 94.2 cm³/mol. The van der Waals surface area contributed by atoms with Gasteiger partial charge in [-0.25, -0.2) is 14.6 Å². The van der Waals surface area contributed by atoms with Crippen molar-refractivity contribution in [1.82, 2.24) is 4.98 Å². The Kier molecular flexibility index (Phi) is 4.45. The molecule has 1 heterocycles. The van der Waals surface area contributed by atoms with E-state index in [4.69, 9.17) is 9.47 Å². The number of aromatic carboxylic acids is 2. The summed E-state index contributed by atoms with van der Waals surface area (Å²) >= 11 is 0. The van der Waals surface area contributed by atoms with Crippen LogP contribution in [0.3, 0.4) is 0 Å². The summed E-state index contributed by atoms with van der Waals surface area (Å²) in [5, 5.41) is 19.6. The first-order valence-corrected chi connectivity index (χ1v) is 7.59. The molecule has 0 aliphatic heterocycles. The highest BCUT2D eigenvalue weighted by atomic mass is 16.5. The Bertz CT molecular complexity index is 1030. The molecule has 0 spiro atoms. The van der Waals surface area contributed by atoms with E-state index >= 15 is 0 Å². The van der Waals surface area contributed by atoms with Gasteiger partial charge in [0, 0.05) is 10.9 Å². The van der Waals surface area contributed by atoms with Gasteiger partial charge in [-0.1, -0.05) is 18.2 Å². The van der Waals surface area contributed by atoms with Crippen molar-refractivity contribution in [2.75, 3.05) is 14.2 Å². The van der Waals surface area contributed by atoms with Gasteiger partial charge in [0.1, 0.15) is 5.56 Å². The molecule has 1 aromatic heterocycles. The number of carbonyl (C=O) groups is 2. The highest BCUT2D eigenvalue weighted by Crippen LogP contribution is 2.35. The van der Waals surface area contributed by atoms with Crippen LogP contribution in [0, 0.1) is 0 Å². The van der Waals surface area contributed by atoms with Crippen molar-refractivity contribution in [3.8, 4) is 22.8 Å². The van der Waals surface area contributed by atoms with Gasteiger partial charge in [-0.15, -0.1) is 0 Å². The van der Waals surface area contributed by atoms with Crippen LogP contribution in [0.5, 0.6) is 11.5 Å². The van der Waals surface area contributed by atoms with E-state index in [1.54, 1.807) is 36.4 Å². The molecule has 3 aromatic rings. The fourth-order valence-corrected chi connectivity index (χ4v) is 2.83. The number of ether oxygens (including phenoxy) is 2. The van der Waals surface area contributed by atoms with E-state index in [0.717, 1.165) is 0 Å². The number of pyridine rings is 1. The zero-order valence-electron chi connectivity index (χ0n) is 14.0. The molecule has 3 rings (SSSR count). The van der Waals surface area contributed by atoms with Crippen molar-refractivity contribution in [3.63, 3.8) is 0 Å². The standard InChI is InChI=1S/C19H15NO6/c1-25-13-8-7-10(9-14(13)26-2)17-16(19(23)24)15(18(21)22)11-5-3-4-6-12(11)20-17/h3-9H,1-2H3,(H,21,22)(H,23,24). The molecule has 2 aromatic carbocycles. The van der Waals surface area contributed by atoms with Gasteiger partial charge in [-0.2, -0.15) is 0 Å². The normalized spacial score (nSPS) is 10.5. The summed E-state index contributed by atoms with van der Waals surface area (Å²) in [6, 6.07) is 11.3. The van der Waals surface area contributed by atoms with E-state index in [-0.39, 0.29) is 22.2 Å². The Morgan fingerprint density at radius 3 is 2.15 bits per heavy atom. The van der Waals surface area contributed by atoms with E-state index < -0.39 is 11.9 Å². The van der Waals surface area contributed by atoms with Crippen LogP contribution in [0.15, 0.2) is 42.5 Å². The number of nitrogens with zero attached hydrogens (tertiary/aromatic N) is 1. The van der Waals surface area contributed by atoms with Gasteiger partial charge >= 0.3 is 11.9 Å². The number of carboxylic acids is 2. The van der Waals surface area contributed by atoms with E-state index in [9.17, 15) is 19.8 Å². The van der Waals surface area contributed by atoms with Crippen molar-refractivity contribution in [2.45, 2.75) is 0 Å². The van der Waals surface area contributed by atoms with Crippen molar-refractivity contribution in [2.24, 2.45) is 0 Å². The molecule has 0 aliphatic rings. The van der Waals surface area contributed by atoms with Crippen LogP contribution in [0.4, 0.5) is 0 Å². The van der Waals surface area contributed by atoms with Gasteiger partial charge in [-0.3, -0.25) is 0 Å². The number of hydrogen-bond acceptors (Lipinski definition) is 5. The third kappa shape index (κ3) is 2.79. The Balaban J connectivity index is 2.41. The van der Waals surface area contributed by atoms with Gasteiger partial charge < -0.3 is 19.7 Å². The smallest absolute Gasteiger partial charge is 0.338 e. The first-order chi connectivity index (χ1) is 12.5. The van der Waals surface area contributed by atoms with Crippen LogP contribution in [-0.4, -0.2) is 41.4 Å². The molecule has 0 amide bonds. The first-order valence-electron chi connectivity index (χ1n) is 7.59. The van der Waals surface area contributed by atoms with Crippen LogP contribution < -0.4 is 9.47 Å². The molecule has 0 radical (unpaired) electrons. The lowest BCUT2D eigenvalue weighted by Crippen LogP contribution is -2.12. The molecule has 26 heavy (non-hydrogen) atoms. The summed E-state index contributed by atoms with van der Waals surface area (Å²) in [5.74, 6) is -1.85. The zero-order valence-corrected chi connectivity index (χ0v) is 14.0. The van der Waals surface area contributed by atoms with E-state index in [0.29, 0.717) is 22.6 Å². The van der Waals surface area contributed by atoms with E-state index in [1.165, 1.54) is 20.3 Å². The highest BCUT2D eigenvalue weighted by molar-refractivity contribution is 6.14. The number of hydrogen-bond donors (Lipinski definition) is 2. The van der Waals surface area contributed by atoms with Crippen LogP contribution in [0.25, 0.3) is 22.2 Å². The second-order valence-electron chi connectivity index (χ2n) is 5.41. The quantitative estimate of drug-likeness (QED) is 0.725. The fourth-order valence-electron chi connectivity index (χ4n) is 2.83. The van der Waals surface area contributed by atoms with Crippen LogP contribution in [0.2, 0.25) is 0 Å². The topological polar surface area (TPSA) is 106 Å². The average molecular weight is 353 g/mol. The molecule has 7 nitrogen and oxygen atoms in total. The Morgan fingerprint density at radius 2 is 1.54 bits per heavy atom. The minimum Gasteiger partial charge on any atom is -0.493 e. The Morgan fingerprint density at radius 1 is 0.885 bits per heavy atom. The maximum absolute atomic E-state index is 11.9. The summed E-state index contributed by atoms with van der Waals surface area (Å²) in [4.78, 5) is 28.1. The monoisotopic (exact) mass is 353 g/mol. The Hall–Kier alpha value is -3.61. The summed E-state index contributed by atoms with van der Waals surface area (Å²) in [6.07, 6.45) is 0. The van der Waals surface area contributed by atoms with E-state index in [2.05, 4.69) is 4.98 Å². The molecule has 0 fully saturated rings. The number of rotatable bonds is 5. The second-order valence-corrected chi connectivity index (χ2v) is 5.41. The largest absolute Gasteiger partial charge is 0.493 e. The highest BCUT2D eigenvalue weighted by Gasteiger charge is 2.26. The lowest BCUT2D eigenvalue weighted by Gasteiger charge is -2.14. The lowest BCUT2D eigenvalue weighted by molar-refractivity contribution is 0.0653. The number of carboxylic acid groups (broad SMARTS) is 2. The SMILES string of the molecule is COc1ccc(-c2nc3ccccc3c(C(=O)O)c2C(=O)O)cc1OC. The zero-order chi connectivity index (χ0) is 18.8. The van der Waals surface area contributed by atoms with Gasteiger partial charge in [0.15, 0.2) is 11.5 Å². The Labute approximate surface area is 148 Å². The minimum atomic E-state index is -1.37. The summed E-state index contributed by atoms with van der Waals surface area (Å²) in [5.41, 5.74) is 0.179. The number of fused-ring (bicyclic) bond motifs is 1. The molecule has 0 atom stereocenters. The number of methoxy groups -OCH3 is 2. The third-order valence-corrected chi connectivity index (χ3v) is 3.98. The van der Waals surface area contributed by atoms with Crippen LogP contribution in [-0.2, 0) is 0 Å². The van der Waals surface area contributed by atoms with Crippen molar-refractivity contribution in [1.29, 1.82) is 0 Å². The minimum absolute atomic E-state index is 0.0505. The molecule has 0 bridgehead atoms. The van der Waals surface area contributed by atoms with Gasteiger partial charge in [0.25, 0.3) is 0 Å². The molecule has 2 N–H and O–H groups in total. The van der Waals surface area contributed by atoms with Gasteiger partial charge in [-0.05, 0) is 24.3 Å². The molecular formula is C19H15NO6. The third-order valence-electron chi connectivity index (χ3n) is 3.98. The van der Waals surface area contributed by atoms with Crippen LogP contribution in [0.1, 0.15) is 20.7 Å².